The van der Waals surface area contributed by atoms with Crippen molar-refractivity contribution in [1.82, 2.24) is 14.8 Å². The number of para-hydroxylation sites is 1. The van der Waals surface area contributed by atoms with Gasteiger partial charge in [0.2, 0.25) is 5.91 Å². The average Bonchev–Trinajstić information content (AvgIpc) is 3.59. The van der Waals surface area contributed by atoms with Gasteiger partial charge in [-0.2, -0.15) is 13.2 Å². The molecule has 2 fully saturated rings. The first kappa shape index (κ1) is 22.7. The normalized spacial score (nSPS) is 19.0. The van der Waals surface area contributed by atoms with Crippen LogP contribution in [-0.4, -0.2) is 59.0 Å². The van der Waals surface area contributed by atoms with Crippen molar-refractivity contribution in [3.63, 3.8) is 0 Å². The summed E-state index contributed by atoms with van der Waals surface area (Å²) < 4.78 is 38.1. The minimum atomic E-state index is -4.41. The molecule has 1 saturated carbocycles. The van der Waals surface area contributed by atoms with E-state index in [1.165, 1.54) is 12.3 Å². The first-order chi connectivity index (χ1) is 15.3. The molecule has 32 heavy (non-hydrogen) atoms. The first-order valence-electron chi connectivity index (χ1n) is 11.2. The average molecular weight is 447 g/mol. The molecule has 1 aromatic carbocycles. The highest BCUT2D eigenvalue weighted by Gasteiger charge is 2.50. The van der Waals surface area contributed by atoms with Gasteiger partial charge in [-0.3, -0.25) is 19.6 Å². The van der Waals surface area contributed by atoms with Crippen molar-refractivity contribution in [2.24, 2.45) is 0 Å². The molecular weight excluding hydrogens is 417 g/mol. The fourth-order valence-corrected chi connectivity index (χ4v) is 4.46. The van der Waals surface area contributed by atoms with Gasteiger partial charge in [-0.1, -0.05) is 31.2 Å². The summed E-state index contributed by atoms with van der Waals surface area (Å²) in [4.78, 5) is 22.9. The third-order valence-corrected chi connectivity index (χ3v) is 6.52. The van der Waals surface area contributed by atoms with Crippen LogP contribution in [0.25, 0.3) is 0 Å². The van der Waals surface area contributed by atoms with Crippen LogP contribution in [0.3, 0.4) is 0 Å². The SMILES string of the molecule is CCC(=O)N(CC1(N2CCN(Cc3ccc(C(F)(F)F)nc3)CC2)CC1)c1ccccc1. The standard InChI is InChI=1S/C24H29F3N4O/c1-2-22(32)31(20-6-4-3-5-7-20)18-23(10-11-23)30-14-12-29(13-15-30)17-19-8-9-21(28-16-19)24(25,26)27/h3-9,16H,2,10-15,17-18H2,1H3. The number of carbonyl (C=O) groups excluding carboxylic acids is 1. The van der Waals surface area contributed by atoms with Crippen LogP contribution < -0.4 is 4.90 Å². The van der Waals surface area contributed by atoms with E-state index >= 15 is 0 Å². The van der Waals surface area contributed by atoms with Gasteiger partial charge in [0.05, 0.1) is 0 Å². The zero-order valence-corrected chi connectivity index (χ0v) is 18.3. The molecule has 1 aliphatic carbocycles. The molecule has 172 valence electrons. The second-order valence-electron chi connectivity index (χ2n) is 8.71. The smallest absolute Gasteiger partial charge is 0.311 e. The van der Waals surface area contributed by atoms with Crippen LogP contribution in [0, 0.1) is 0 Å². The topological polar surface area (TPSA) is 39.7 Å². The molecular formula is C24H29F3N4O. The summed E-state index contributed by atoms with van der Waals surface area (Å²) in [6.07, 6.45) is -0.451. The predicted molar refractivity (Wildman–Crippen MR) is 117 cm³/mol. The number of alkyl halides is 3. The van der Waals surface area contributed by atoms with E-state index in [-0.39, 0.29) is 11.4 Å². The van der Waals surface area contributed by atoms with Crippen molar-refractivity contribution in [2.75, 3.05) is 37.6 Å². The van der Waals surface area contributed by atoms with Crippen LogP contribution in [0.15, 0.2) is 48.7 Å². The minimum absolute atomic E-state index is 0.0304. The number of benzene rings is 1. The van der Waals surface area contributed by atoms with E-state index in [4.69, 9.17) is 0 Å². The van der Waals surface area contributed by atoms with E-state index in [1.807, 2.05) is 42.2 Å². The van der Waals surface area contributed by atoms with Crippen LogP contribution in [0.5, 0.6) is 0 Å². The Balaban J connectivity index is 1.35. The van der Waals surface area contributed by atoms with Crippen molar-refractivity contribution >= 4 is 11.6 Å². The second kappa shape index (κ2) is 9.19. The first-order valence-corrected chi connectivity index (χ1v) is 11.2. The number of carbonyl (C=O) groups is 1. The number of hydrogen-bond donors (Lipinski definition) is 0. The number of pyridine rings is 1. The number of rotatable bonds is 7. The number of hydrogen-bond acceptors (Lipinski definition) is 4. The molecule has 4 rings (SSSR count). The summed E-state index contributed by atoms with van der Waals surface area (Å²) in [6, 6.07) is 12.4. The van der Waals surface area contributed by atoms with Crippen molar-refractivity contribution < 1.29 is 18.0 Å². The Labute approximate surface area is 186 Å². The lowest BCUT2D eigenvalue weighted by molar-refractivity contribution is -0.141. The molecule has 5 nitrogen and oxygen atoms in total. The Kier molecular flexibility index (Phi) is 6.53. The minimum Gasteiger partial charge on any atom is -0.311 e. The molecule has 0 unspecified atom stereocenters. The molecule has 0 bridgehead atoms. The van der Waals surface area contributed by atoms with Gasteiger partial charge < -0.3 is 4.90 Å². The van der Waals surface area contributed by atoms with Gasteiger partial charge in [-0.15, -0.1) is 0 Å². The third-order valence-electron chi connectivity index (χ3n) is 6.52. The Bertz CT molecular complexity index is 905. The zero-order valence-electron chi connectivity index (χ0n) is 18.3. The molecule has 0 radical (unpaired) electrons. The van der Waals surface area contributed by atoms with Crippen molar-refractivity contribution in [1.29, 1.82) is 0 Å². The summed E-state index contributed by atoms with van der Waals surface area (Å²) in [5.41, 5.74) is 0.907. The number of amides is 1. The third kappa shape index (κ3) is 5.13. The molecule has 1 amide bonds. The lowest BCUT2D eigenvalue weighted by Crippen LogP contribution is -2.55. The molecule has 1 saturated heterocycles. The van der Waals surface area contributed by atoms with Crippen molar-refractivity contribution in [3.8, 4) is 0 Å². The van der Waals surface area contributed by atoms with Crippen LogP contribution in [0.1, 0.15) is 37.4 Å². The van der Waals surface area contributed by atoms with Crippen LogP contribution in [0.4, 0.5) is 18.9 Å². The highest BCUT2D eigenvalue weighted by atomic mass is 19.4. The Morgan fingerprint density at radius 1 is 1.06 bits per heavy atom. The fourth-order valence-electron chi connectivity index (χ4n) is 4.46. The van der Waals surface area contributed by atoms with Gasteiger partial charge in [0, 0.05) is 63.1 Å². The van der Waals surface area contributed by atoms with E-state index in [0.29, 0.717) is 19.5 Å². The maximum absolute atomic E-state index is 12.7. The summed E-state index contributed by atoms with van der Waals surface area (Å²) in [7, 11) is 0. The van der Waals surface area contributed by atoms with Crippen LogP contribution in [0.2, 0.25) is 0 Å². The number of halogens is 3. The molecule has 0 spiro atoms. The second-order valence-corrected chi connectivity index (χ2v) is 8.71. The van der Waals surface area contributed by atoms with Crippen molar-refractivity contribution in [3.05, 3.63) is 59.9 Å². The maximum atomic E-state index is 12.7. The number of nitrogens with zero attached hydrogens (tertiary/aromatic N) is 4. The molecule has 0 N–H and O–H groups in total. The Morgan fingerprint density at radius 2 is 1.75 bits per heavy atom. The largest absolute Gasteiger partial charge is 0.433 e. The Hall–Kier alpha value is -2.45. The van der Waals surface area contributed by atoms with E-state index in [9.17, 15) is 18.0 Å². The lowest BCUT2D eigenvalue weighted by Gasteiger charge is -2.41. The molecule has 1 aromatic heterocycles. The Morgan fingerprint density at radius 3 is 2.28 bits per heavy atom. The molecule has 2 aliphatic rings. The highest BCUT2D eigenvalue weighted by molar-refractivity contribution is 5.93. The molecule has 8 heteroatoms. The van der Waals surface area contributed by atoms with E-state index in [2.05, 4.69) is 14.8 Å². The van der Waals surface area contributed by atoms with Gasteiger partial charge in [0.25, 0.3) is 0 Å². The van der Waals surface area contributed by atoms with Crippen LogP contribution in [-0.2, 0) is 17.5 Å². The molecule has 1 aliphatic heterocycles. The maximum Gasteiger partial charge on any atom is 0.433 e. The lowest BCUT2D eigenvalue weighted by atomic mass is 10.1. The van der Waals surface area contributed by atoms with Gasteiger partial charge >= 0.3 is 6.18 Å². The van der Waals surface area contributed by atoms with E-state index in [1.54, 1.807) is 0 Å². The summed E-state index contributed by atoms with van der Waals surface area (Å²) in [6.45, 7) is 6.65. The summed E-state index contributed by atoms with van der Waals surface area (Å²) >= 11 is 0. The molecule has 2 aromatic rings. The highest BCUT2D eigenvalue weighted by Crippen LogP contribution is 2.43. The monoisotopic (exact) mass is 446 g/mol. The summed E-state index contributed by atoms with van der Waals surface area (Å²) in [5, 5.41) is 0. The van der Waals surface area contributed by atoms with Gasteiger partial charge in [-0.05, 0) is 36.6 Å². The number of anilines is 1. The van der Waals surface area contributed by atoms with E-state index < -0.39 is 11.9 Å². The number of aromatic nitrogens is 1. The van der Waals surface area contributed by atoms with Gasteiger partial charge in [0.15, 0.2) is 0 Å². The fraction of sp³-hybridized carbons (Fsp3) is 0.500. The van der Waals surface area contributed by atoms with Crippen molar-refractivity contribution in [2.45, 2.75) is 44.4 Å². The molecule has 0 atom stereocenters. The van der Waals surface area contributed by atoms with Crippen LogP contribution >= 0.6 is 0 Å². The van der Waals surface area contributed by atoms with Gasteiger partial charge in [-0.25, -0.2) is 0 Å². The quantitative estimate of drug-likeness (QED) is 0.639. The predicted octanol–water partition coefficient (Wildman–Crippen LogP) is 4.19. The van der Waals surface area contributed by atoms with Gasteiger partial charge in [0.1, 0.15) is 5.69 Å². The zero-order chi connectivity index (χ0) is 22.8. The summed E-state index contributed by atoms with van der Waals surface area (Å²) in [5.74, 6) is 0.135. The number of piperazine rings is 1. The van der Waals surface area contributed by atoms with E-state index in [0.717, 1.165) is 56.3 Å². The molecule has 2 heterocycles.